The van der Waals surface area contributed by atoms with Crippen molar-refractivity contribution in [3.05, 3.63) is 47.2 Å². The molecule has 0 spiro atoms. The Hall–Kier alpha value is -3.54. The molecule has 0 aromatic heterocycles. The lowest BCUT2D eigenvalue weighted by Crippen LogP contribution is -2.71. The smallest absolute Gasteiger partial charge is 0.404 e. The number of ether oxygens (including phenoxy) is 1. The van der Waals surface area contributed by atoms with Crippen molar-refractivity contribution in [3.8, 4) is 0 Å². The third-order valence-electron chi connectivity index (χ3n) is 4.41. The fraction of sp³-hybridized carbons (Fsp3) is 0.278. The number of nitrogens with one attached hydrogen (secondary N) is 2. The van der Waals surface area contributed by atoms with Gasteiger partial charge < -0.3 is 26.3 Å². The first-order valence-corrected chi connectivity index (χ1v) is 9.83. The minimum atomic E-state index is -1.33. The Morgan fingerprint density at radius 2 is 2.03 bits per heavy atom. The maximum absolute atomic E-state index is 12.8. The number of hydrazone groups is 1. The number of carbonyl (C=O) groups excluding carboxylic acids is 3. The van der Waals surface area contributed by atoms with E-state index in [0.29, 0.717) is 5.56 Å². The number of benzene rings is 1. The predicted molar refractivity (Wildman–Crippen MR) is 107 cm³/mol. The molecule has 12 heteroatoms. The van der Waals surface area contributed by atoms with Crippen molar-refractivity contribution in [3.63, 3.8) is 0 Å². The molecule has 0 radical (unpaired) electrons. The maximum Gasteiger partial charge on any atom is 0.404 e. The zero-order valence-corrected chi connectivity index (χ0v) is 16.6. The molecule has 158 valence electrons. The summed E-state index contributed by atoms with van der Waals surface area (Å²) in [6.07, 6.45) is -1.04. The van der Waals surface area contributed by atoms with Crippen LogP contribution in [0.15, 0.2) is 46.7 Å². The lowest BCUT2D eigenvalue weighted by atomic mass is 10.0. The molecular formula is C18H19N5O6S. The van der Waals surface area contributed by atoms with Crippen molar-refractivity contribution in [2.45, 2.75) is 11.4 Å². The number of nitrogens with zero attached hydrogens (tertiary/aromatic N) is 2. The number of β-lactam (4-membered cyclic amide) rings is 1. The van der Waals surface area contributed by atoms with E-state index in [1.54, 1.807) is 37.4 Å². The van der Waals surface area contributed by atoms with Crippen LogP contribution in [-0.4, -0.2) is 70.4 Å². The Kier molecular flexibility index (Phi) is 6.26. The number of fused-ring (bicyclic) bond motifs is 1. The molecule has 1 aromatic carbocycles. The van der Waals surface area contributed by atoms with Crippen molar-refractivity contribution < 1.29 is 29.0 Å². The van der Waals surface area contributed by atoms with E-state index in [9.17, 15) is 24.3 Å². The van der Waals surface area contributed by atoms with Crippen molar-refractivity contribution in [1.29, 1.82) is 0 Å². The first-order chi connectivity index (χ1) is 14.3. The van der Waals surface area contributed by atoms with E-state index in [-0.39, 0.29) is 29.3 Å². The van der Waals surface area contributed by atoms with Gasteiger partial charge in [0, 0.05) is 23.9 Å². The first kappa shape index (κ1) is 21.2. The van der Waals surface area contributed by atoms with Gasteiger partial charge in [-0.1, -0.05) is 30.3 Å². The second-order valence-electron chi connectivity index (χ2n) is 6.28. The highest BCUT2D eigenvalue weighted by Crippen LogP contribution is 2.40. The molecule has 3 rings (SSSR count). The van der Waals surface area contributed by atoms with Crippen LogP contribution in [0.3, 0.4) is 0 Å². The Labute approximate surface area is 175 Å². The molecule has 30 heavy (non-hydrogen) atoms. The molecule has 2 aliphatic rings. The van der Waals surface area contributed by atoms with E-state index in [2.05, 4.69) is 20.6 Å². The summed E-state index contributed by atoms with van der Waals surface area (Å²) in [7, 11) is 1.54. The zero-order valence-electron chi connectivity index (χ0n) is 15.8. The summed E-state index contributed by atoms with van der Waals surface area (Å²) >= 11 is 1.25. The van der Waals surface area contributed by atoms with E-state index in [4.69, 9.17) is 5.73 Å². The minimum Gasteiger partial charge on any atom is -0.477 e. The summed E-state index contributed by atoms with van der Waals surface area (Å²) in [5.74, 6) is -2.28. The van der Waals surface area contributed by atoms with Crippen molar-refractivity contribution in [1.82, 2.24) is 15.6 Å². The number of hydrogen-bond acceptors (Lipinski definition) is 8. The normalized spacial score (nSPS) is 20.8. The molecule has 5 N–H and O–H groups in total. The molecule has 0 bridgehead atoms. The summed E-state index contributed by atoms with van der Waals surface area (Å²) in [6.45, 7) is -0.329. The third kappa shape index (κ3) is 4.08. The van der Waals surface area contributed by atoms with Gasteiger partial charge >= 0.3 is 12.1 Å². The summed E-state index contributed by atoms with van der Waals surface area (Å²) in [5.41, 5.74) is 8.13. The van der Waals surface area contributed by atoms with Crippen molar-refractivity contribution in [2.24, 2.45) is 10.8 Å². The second kappa shape index (κ2) is 8.86. The monoisotopic (exact) mass is 433 g/mol. The minimum absolute atomic E-state index is 0.0923. The Morgan fingerprint density at radius 1 is 1.33 bits per heavy atom. The van der Waals surface area contributed by atoms with Gasteiger partial charge in [0.1, 0.15) is 23.7 Å². The van der Waals surface area contributed by atoms with Crippen LogP contribution in [0.5, 0.6) is 0 Å². The standard InChI is InChI=1S/C18H19N5O6S/c1-20-22-11(9-5-3-2-4-6-9)14(24)21-12-15(25)23-13(17(26)27)10(7-29-18(19)28)8-30-16(12)23/h2-6,12,16,20H,7-8H2,1H3,(H2,19,28)(H,21,24)(H,26,27)/b22-11-/t12?,16-/m0/s1. The van der Waals surface area contributed by atoms with Gasteiger partial charge in [-0.2, -0.15) is 5.10 Å². The van der Waals surface area contributed by atoms with Gasteiger partial charge in [-0.15, -0.1) is 11.8 Å². The highest BCUT2D eigenvalue weighted by molar-refractivity contribution is 8.00. The average molecular weight is 433 g/mol. The van der Waals surface area contributed by atoms with Gasteiger partial charge in [0.25, 0.3) is 11.8 Å². The quantitative estimate of drug-likeness (QED) is 0.253. The number of carboxylic acids is 1. The average Bonchev–Trinajstić information content (AvgIpc) is 2.73. The number of primary amides is 1. The largest absolute Gasteiger partial charge is 0.477 e. The molecular weight excluding hydrogens is 414 g/mol. The van der Waals surface area contributed by atoms with Crippen LogP contribution in [-0.2, 0) is 19.1 Å². The van der Waals surface area contributed by atoms with E-state index in [0.717, 1.165) is 4.90 Å². The first-order valence-electron chi connectivity index (χ1n) is 8.78. The van der Waals surface area contributed by atoms with Crippen LogP contribution in [0, 0.1) is 0 Å². The molecule has 1 saturated heterocycles. The number of nitrogens with two attached hydrogens (primary N) is 1. The number of rotatable bonds is 7. The zero-order chi connectivity index (χ0) is 21.8. The number of carboxylic acid groups (broad SMARTS) is 1. The van der Waals surface area contributed by atoms with Crippen LogP contribution >= 0.6 is 11.8 Å². The maximum atomic E-state index is 12.8. The van der Waals surface area contributed by atoms with E-state index < -0.39 is 35.3 Å². The Bertz CT molecular complexity index is 948. The summed E-state index contributed by atoms with van der Waals surface area (Å²) in [6, 6.07) is 7.79. The Morgan fingerprint density at radius 3 is 2.63 bits per heavy atom. The van der Waals surface area contributed by atoms with Crippen LogP contribution < -0.4 is 16.5 Å². The van der Waals surface area contributed by atoms with Crippen molar-refractivity contribution in [2.75, 3.05) is 19.4 Å². The number of aliphatic carboxylic acids is 1. The molecule has 3 amide bonds. The summed E-state index contributed by atoms with van der Waals surface area (Å²) in [5, 5.41) is 15.6. The number of amides is 3. The molecule has 11 nitrogen and oxygen atoms in total. The van der Waals surface area contributed by atoms with E-state index >= 15 is 0 Å². The topological polar surface area (TPSA) is 163 Å². The van der Waals surface area contributed by atoms with Gasteiger partial charge in [-0.05, 0) is 0 Å². The van der Waals surface area contributed by atoms with Crippen LogP contribution in [0.1, 0.15) is 5.56 Å². The number of hydrogen-bond donors (Lipinski definition) is 4. The Balaban J connectivity index is 1.77. The van der Waals surface area contributed by atoms with Crippen molar-refractivity contribution >= 4 is 41.4 Å². The van der Waals surface area contributed by atoms with Gasteiger partial charge in [0.2, 0.25) is 0 Å². The molecule has 1 fully saturated rings. The summed E-state index contributed by atoms with van der Waals surface area (Å²) in [4.78, 5) is 49.0. The fourth-order valence-electron chi connectivity index (χ4n) is 3.12. The van der Waals surface area contributed by atoms with Gasteiger partial charge in [0.15, 0.2) is 5.71 Å². The molecule has 2 aliphatic heterocycles. The molecule has 2 heterocycles. The lowest BCUT2D eigenvalue weighted by molar-refractivity contribution is -0.150. The van der Waals surface area contributed by atoms with Gasteiger partial charge in [-0.3, -0.25) is 14.5 Å². The highest BCUT2D eigenvalue weighted by Gasteiger charge is 2.54. The molecule has 0 saturated carbocycles. The highest BCUT2D eigenvalue weighted by atomic mass is 32.2. The molecule has 1 aromatic rings. The van der Waals surface area contributed by atoms with E-state index in [1.165, 1.54) is 11.8 Å². The molecule has 0 aliphatic carbocycles. The fourth-order valence-corrected chi connectivity index (χ4v) is 4.44. The van der Waals surface area contributed by atoms with Gasteiger partial charge in [-0.25, -0.2) is 9.59 Å². The number of carbonyl (C=O) groups is 4. The molecule has 2 atom stereocenters. The van der Waals surface area contributed by atoms with Crippen LogP contribution in [0.4, 0.5) is 4.79 Å². The van der Waals surface area contributed by atoms with Crippen LogP contribution in [0.25, 0.3) is 0 Å². The summed E-state index contributed by atoms with van der Waals surface area (Å²) < 4.78 is 4.68. The van der Waals surface area contributed by atoms with Gasteiger partial charge in [0.05, 0.1) is 0 Å². The third-order valence-corrected chi connectivity index (χ3v) is 5.75. The molecule has 1 unspecified atom stereocenters. The number of thioether (sulfide) groups is 1. The lowest BCUT2D eigenvalue weighted by Gasteiger charge is -2.49. The second-order valence-corrected chi connectivity index (χ2v) is 7.38. The SMILES string of the molecule is CN/N=C(\C(=O)NC1C(=O)N2C(C(=O)O)=C(COC(N)=O)CS[C@@H]12)c1ccccc1. The van der Waals surface area contributed by atoms with E-state index in [1.807, 2.05) is 0 Å². The predicted octanol–water partition coefficient (Wildman–Crippen LogP) is -0.556. The van der Waals surface area contributed by atoms with Crippen LogP contribution in [0.2, 0.25) is 0 Å².